The highest BCUT2D eigenvalue weighted by Crippen LogP contribution is 2.47. The average Bonchev–Trinajstić information content (AvgIpc) is 2.67. The van der Waals surface area contributed by atoms with Gasteiger partial charge in [-0.25, -0.2) is 0 Å². The van der Waals surface area contributed by atoms with Gasteiger partial charge in [-0.05, 0) is 34.2 Å². The minimum atomic E-state index is -0.805. The van der Waals surface area contributed by atoms with Gasteiger partial charge in [0.2, 0.25) is 0 Å². The molecule has 0 radical (unpaired) electrons. The fraction of sp³-hybridized carbons (Fsp3) is 0.136. The second-order valence-corrected chi connectivity index (χ2v) is 6.14. The molecule has 1 aliphatic rings. The topological polar surface area (TPSA) is 26.3 Å². The van der Waals surface area contributed by atoms with Crippen LogP contribution < -0.4 is 0 Å². The first-order valence-corrected chi connectivity index (χ1v) is 8.09. The standard InChI is InChI=1S/C22H18O2/c1-24-21(23)22(17-10-3-2-4-11-17)15-16-9-5-6-12-18(16)19-13-7-8-14-20(19)22/h2-14H,15H2,1H3. The maximum absolute atomic E-state index is 13.0. The van der Waals surface area contributed by atoms with E-state index in [2.05, 4.69) is 24.3 Å². The van der Waals surface area contributed by atoms with Crippen LogP contribution in [-0.4, -0.2) is 13.1 Å². The number of fused-ring (bicyclic) bond motifs is 3. The van der Waals surface area contributed by atoms with Gasteiger partial charge in [-0.3, -0.25) is 4.79 Å². The molecule has 1 aliphatic carbocycles. The zero-order valence-corrected chi connectivity index (χ0v) is 13.5. The van der Waals surface area contributed by atoms with Crippen LogP contribution in [0.2, 0.25) is 0 Å². The van der Waals surface area contributed by atoms with Gasteiger partial charge in [0.25, 0.3) is 0 Å². The van der Waals surface area contributed by atoms with E-state index in [9.17, 15) is 4.79 Å². The Hall–Kier alpha value is -2.87. The van der Waals surface area contributed by atoms with Crippen molar-refractivity contribution in [3.63, 3.8) is 0 Å². The number of esters is 1. The van der Waals surface area contributed by atoms with Crippen LogP contribution in [0.15, 0.2) is 78.9 Å². The zero-order chi connectivity index (χ0) is 16.6. The van der Waals surface area contributed by atoms with Crippen molar-refractivity contribution in [3.05, 3.63) is 95.6 Å². The molecule has 0 amide bonds. The summed E-state index contributed by atoms with van der Waals surface area (Å²) in [6, 6.07) is 26.4. The smallest absolute Gasteiger partial charge is 0.321 e. The van der Waals surface area contributed by atoms with Crippen LogP contribution in [0.25, 0.3) is 11.1 Å². The highest BCUT2D eigenvalue weighted by atomic mass is 16.5. The van der Waals surface area contributed by atoms with E-state index < -0.39 is 5.41 Å². The molecular formula is C22H18O2. The molecule has 0 aliphatic heterocycles. The lowest BCUT2D eigenvalue weighted by molar-refractivity contribution is -0.145. The Balaban J connectivity index is 2.07. The highest BCUT2D eigenvalue weighted by molar-refractivity contribution is 5.94. The van der Waals surface area contributed by atoms with Crippen LogP contribution in [-0.2, 0) is 21.4 Å². The number of ether oxygens (including phenoxy) is 1. The zero-order valence-electron chi connectivity index (χ0n) is 13.5. The molecular weight excluding hydrogens is 296 g/mol. The molecule has 0 heterocycles. The molecule has 3 aromatic carbocycles. The number of carbonyl (C=O) groups is 1. The Bertz CT molecular complexity index is 899. The highest BCUT2D eigenvalue weighted by Gasteiger charge is 2.47. The van der Waals surface area contributed by atoms with Gasteiger partial charge in [0.1, 0.15) is 5.41 Å². The Morgan fingerprint density at radius 1 is 0.833 bits per heavy atom. The summed E-state index contributed by atoms with van der Waals surface area (Å²) in [5.74, 6) is -0.212. The molecule has 0 spiro atoms. The van der Waals surface area contributed by atoms with Gasteiger partial charge in [0, 0.05) is 0 Å². The first-order chi connectivity index (χ1) is 11.8. The van der Waals surface area contributed by atoms with Gasteiger partial charge < -0.3 is 4.74 Å². The van der Waals surface area contributed by atoms with Crippen LogP contribution in [0.1, 0.15) is 16.7 Å². The Kier molecular flexibility index (Phi) is 3.46. The van der Waals surface area contributed by atoms with Gasteiger partial charge in [-0.2, -0.15) is 0 Å². The lowest BCUT2D eigenvalue weighted by atomic mass is 9.64. The number of hydrogen-bond acceptors (Lipinski definition) is 2. The molecule has 0 bridgehead atoms. The fourth-order valence-corrected chi connectivity index (χ4v) is 3.86. The minimum absolute atomic E-state index is 0.212. The van der Waals surface area contributed by atoms with Crippen molar-refractivity contribution >= 4 is 5.97 Å². The maximum atomic E-state index is 13.0. The summed E-state index contributed by atoms with van der Waals surface area (Å²) < 4.78 is 5.28. The predicted octanol–water partition coefficient (Wildman–Crippen LogP) is 4.37. The molecule has 0 saturated carbocycles. The van der Waals surface area contributed by atoms with Crippen LogP contribution >= 0.6 is 0 Å². The van der Waals surface area contributed by atoms with E-state index in [1.54, 1.807) is 0 Å². The molecule has 3 aromatic rings. The summed E-state index contributed by atoms with van der Waals surface area (Å²) in [6.07, 6.45) is 0.608. The van der Waals surface area contributed by atoms with Gasteiger partial charge in [-0.15, -0.1) is 0 Å². The molecule has 24 heavy (non-hydrogen) atoms. The summed E-state index contributed by atoms with van der Waals surface area (Å²) in [5.41, 5.74) is 4.66. The Morgan fingerprint density at radius 3 is 2.21 bits per heavy atom. The average molecular weight is 314 g/mol. The number of benzene rings is 3. The van der Waals surface area contributed by atoms with Crippen LogP contribution in [0.5, 0.6) is 0 Å². The largest absolute Gasteiger partial charge is 0.468 e. The van der Waals surface area contributed by atoms with Crippen molar-refractivity contribution < 1.29 is 9.53 Å². The molecule has 0 aromatic heterocycles. The molecule has 0 fully saturated rings. The van der Waals surface area contributed by atoms with Crippen molar-refractivity contribution in [1.29, 1.82) is 0 Å². The van der Waals surface area contributed by atoms with Gasteiger partial charge in [0.05, 0.1) is 7.11 Å². The molecule has 0 N–H and O–H groups in total. The van der Waals surface area contributed by atoms with E-state index in [0.29, 0.717) is 6.42 Å². The van der Waals surface area contributed by atoms with Crippen LogP contribution in [0.3, 0.4) is 0 Å². The number of hydrogen-bond donors (Lipinski definition) is 0. The van der Waals surface area contributed by atoms with E-state index in [4.69, 9.17) is 4.74 Å². The monoisotopic (exact) mass is 314 g/mol. The van der Waals surface area contributed by atoms with E-state index in [1.807, 2.05) is 54.6 Å². The number of methoxy groups -OCH3 is 1. The predicted molar refractivity (Wildman–Crippen MR) is 94.8 cm³/mol. The van der Waals surface area contributed by atoms with Crippen molar-refractivity contribution in [2.24, 2.45) is 0 Å². The molecule has 2 heteroatoms. The third-order valence-corrected chi connectivity index (χ3v) is 4.95. The van der Waals surface area contributed by atoms with Crippen molar-refractivity contribution in [2.45, 2.75) is 11.8 Å². The van der Waals surface area contributed by atoms with E-state index >= 15 is 0 Å². The second-order valence-electron chi connectivity index (χ2n) is 6.14. The molecule has 4 rings (SSSR count). The second kappa shape index (κ2) is 5.64. The van der Waals surface area contributed by atoms with Gasteiger partial charge in [0.15, 0.2) is 0 Å². The maximum Gasteiger partial charge on any atom is 0.321 e. The van der Waals surface area contributed by atoms with Crippen LogP contribution in [0.4, 0.5) is 0 Å². The van der Waals surface area contributed by atoms with E-state index in [1.165, 1.54) is 18.2 Å². The summed E-state index contributed by atoms with van der Waals surface area (Å²) in [6.45, 7) is 0. The first-order valence-electron chi connectivity index (χ1n) is 8.09. The summed E-state index contributed by atoms with van der Waals surface area (Å²) in [7, 11) is 1.47. The quantitative estimate of drug-likeness (QED) is 0.657. The Labute approximate surface area is 141 Å². The summed E-state index contributed by atoms with van der Waals surface area (Å²) in [4.78, 5) is 13.0. The molecule has 1 unspecified atom stereocenters. The Morgan fingerprint density at radius 2 is 1.46 bits per heavy atom. The van der Waals surface area contributed by atoms with Crippen molar-refractivity contribution in [2.75, 3.05) is 7.11 Å². The lowest BCUT2D eigenvalue weighted by Gasteiger charge is -2.38. The third-order valence-electron chi connectivity index (χ3n) is 4.95. The third kappa shape index (κ3) is 2.00. The van der Waals surface area contributed by atoms with E-state index in [0.717, 1.165) is 16.7 Å². The van der Waals surface area contributed by atoms with E-state index in [-0.39, 0.29) is 5.97 Å². The van der Waals surface area contributed by atoms with Gasteiger partial charge >= 0.3 is 5.97 Å². The summed E-state index contributed by atoms with van der Waals surface area (Å²) >= 11 is 0. The lowest BCUT2D eigenvalue weighted by Crippen LogP contribution is -2.42. The minimum Gasteiger partial charge on any atom is -0.468 e. The van der Waals surface area contributed by atoms with Crippen molar-refractivity contribution in [1.82, 2.24) is 0 Å². The first kappa shape index (κ1) is 14.7. The normalized spacial score (nSPS) is 18.4. The number of rotatable bonds is 2. The SMILES string of the molecule is COC(=O)C1(c2ccccc2)Cc2ccccc2-c2ccccc21. The number of carbonyl (C=O) groups excluding carboxylic acids is 1. The summed E-state index contributed by atoms with van der Waals surface area (Å²) in [5, 5.41) is 0. The van der Waals surface area contributed by atoms with Gasteiger partial charge in [-0.1, -0.05) is 78.9 Å². The molecule has 1 atom stereocenters. The molecule has 118 valence electrons. The molecule has 0 saturated heterocycles. The molecule has 2 nitrogen and oxygen atoms in total. The fourth-order valence-electron chi connectivity index (χ4n) is 3.86. The van der Waals surface area contributed by atoms with Crippen LogP contribution in [0, 0.1) is 0 Å². The van der Waals surface area contributed by atoms with Crippen molar-refractivity contribution in [3.8, 4) is 11.1 Å².